The molecule has 2 aromatic carbocycles. The molecule has 31 heavy (non-hydrogen) atoms. The number of para-hydroxylation sites is 1. The van der Waals surface area contributed by atoms with Crippen molar-refractivity contribution in [2.24, 2.45) is 0 Å². The van der Waals surface area contributed by atoms with E-state index in [1.807, 2.05) is 30.3 Å². The molecule has 0 amide bonds. The summed E-state index contributed by atoms with van der Waals surface area (Å²) in [4.78, 5) is 20.9. The Hall–Kier alpha value is -4.46. The minimum Gasteiger partial charge on any atom is -0.287 e. The zero-order valence-corrected chi connectivity index (χ0v) is 16.1. The number of hydrogen-bond acceptors (Lipinski definition) is 5. The number of halogens is 1. The Kier molecular flexibility index (Phi) is 4.64. The van der Waals surface area contributed by atoms with Crippen LogP contribution >= 0.6 is 0 Å². The summed E-state index contributed by atoms with van der Waals surface area (Å²) < 4.78 is 17.9. The summed E-state index contributed by atoms with van der Waals surface area (Å²) in [5.74, 6) is -0.0862. The Morgan fingerprint density at radius 3 is 2.42 bits per heavy atom. The number of nitrogens with zero attached hydrogens (tertiary/aromatic N) is 6. The molecule has 3 aromatic heterocycles. The number of hydrogen-bond donors (Lipinski definition) is 0. The van der Waals surface area contributed by atoms with Gasteiger partial charge in [-0.1, -0.05) is 18.2 Å². The zero-order chi connectivity index (χ0) is 21.2. The predicted molar refractivity (Wildman–Crippen MR) is 113 cm³/mol. The van der Waals surface area contributed by atoms with E-state index in [1.165, 1.54) is 23.0 Å². The van der Waals surface area contributed by atoms with Gasteiger partial charge in [0.2, 0.25) is 5.43 Å². The maximum atomic E-state index is 14.9. The van der Waals surface area contributed by atoms with Crippen molar-refractivity contribution in [1.29, 1.82) is 0 Å². The Morgan fingerprint density at radius 1 is 0.839 bits per heavy atom. The van der Waals surface area contributed by atoms with E-state index in [1.54, 1.807) is 47.5 Å². The lowest BCUT2D eigenvalue weighted by molar-refractivity contribution is 0.609. The molecule has 0 spiro atoms. The lowest BCUT2D eigenvalue weighted by Crippen LogP contribution is -2.15. The van der Waals surface area contributed by atoms with Gasteiger partial charge in [0.25, 0.3) is 0 Å². The quantitative estimate of drug-likeness (QED) is 0.452. The maximum Gasteiger partial charge on any atom is 0.209 e. The largest absolute Gasteiger partial charge is 0.287 e. The lowest BCUT2D eigenvalue weighted by atomic mass is 10.2. The van der Waals surface area contributed by atoms with Crippen LogP contribution in [0.1, 0.15) is 0 Å². The van der Waals surface area contributed by atoms with E-state index in [0.29, 0.717) is 17.1 Å². The maximum absolute atomic E-state index is 14.9. The van der Waals surface area contributed by atoms with Crippen LogP contribution in [-0.2, 0) is 0 Å². The highest BCUT2D eigenvalue weighted by molar-refractivity contribution is 5.59. The number of aromatic nitrogens is 6. The van der Waals surface area contributed by atoms with Crippen LogP contribution in [0, 0.1) is 5.82 Å². The van der Waals surface area contributed by atoms with Crippen molar-refractivity contribution in [3.05, 3.63) is 108 Å². The smallest absolute Gasteiger partial charge is 0.209 e. The van der Waals surface area contributed by atoms with E-state index >= 15 is 0 Å². The summed E-state index contributed by atoms with van der Waals surface area (Å²) in [6.07, 6.45) is 6.22. The first-order valence-corrected chi connectivity index (χ1v) is 9.48. The molecule has 0 saturated heterocycles. The molecule has 3 heterocycles. The highest BCUT2D eigenvalue weighted by atomic mass is 19.1. The minimum absolute atomic E-state index is 0.165. The van der Waals surface area contributed by atoms with Crippen molar-refractivity contribution in [1.82, 2.24) is 29.5 Å². The van der Waals surface area contributed by atoms with Crippen LogP contribution in [0.4, 0.5) is 4.39 Å². The molecule has 7 nitrogen and oxygen atoms in total. The van der Waals surface area contributed by atoms with Gasteiger partial charge in [-0.15, -0.1) is 0 Å². The predicted octanol–water partition coefficient (Wildman–Crippen LogP) is 3.68. The topological polar surface area (TPSA) is 78.5 Å². The van der Waals surface area contributed by atoms with Crippen molar-refractivity contribution >= 4 is 0 Å². The lowest BCUT2D eigenvalue weighted by Gasteiger charge is -2.11. The molecule has 5 rings (SSSR count). The zero-order valence-electron chi connectivity index (χ0n) is 16.1. The third kappa shape index (κ3) is 3.51. The van der Waals surface area contributed by atoms with Gasteiger partial charge < -0.3 is 0 Å². The summed E-state index contributed by atoms with van der Waals surface area (Å²) in [6.45, 7) is 0. The van der Waals surface area contributed by atoms with Gasteiger partial charge in [-0.25, -0.2) is 23.7 Å². The molecule has 0 saturated carbocycles. The molecular weight excluding hydrogens is 395 g/mol. The normalized spacial score (nSPS) is 10.9. The average molecular weight is 410 g/mol. The summed E-state index contributed by atoms with van der Waals surface area (Å²) in [6, 6.07) is 18.8. The van der Waals surface area contributed by atoms with Gasteiger partial charge in [-0.3, -0.25) is 4.79 Å². The van der Waals surface area contributed by atoms with Gasteiger partial charge in [0.1, 0.15) is 11.5 Å². The first-order chi connectivity index (χ1) is 15.2. The average Bonchev–Trinajstić information content (AvgIpc) is 3.30. The molecule has 8 heteroatoms. The SMILES string of the molecule is O=c1ccn(-c2ccc(-c3ncccn3)cc2F)nc1-c1ccnn1-c1ccccc1. The number of benzene rings is 2. The second kappa shape index (κ2) is 7.75. The monoisotopic (exact) mass is 410 g/mol. The molecule has 0 fully saturated rings. The Morgan fingerprint density at radius 2 is 1.65 bits per heavy atom. The Labute approximate surface area is 176 Å². The molecule has 0 aliphatic rings. The number of rotatable bonds is 4. The molecule has 0 aliphatic carbocycles. The van der Waals surface area contributed by atoms with Crippen molar-refractivity contribution in [3.63, 3.8) is 0 Å². The third-order valence-electron chi connectivity index (χ3n) is 4.71. The van der Waals surface area contributed by atoms with Crippen LogP contribution in [0.5, 0.6) is 0 Å². The van der Waals surface area contributed by atoms with Gasteiger partial charge in [0, 0.05) is 30.2 Å². The molecular formula is C23H15FN6O. The van der Waals surface area contributed by atoms with E-state index in [4.69, 9.17) is 0 Å². The van der Waals surface area contributed by atoms with Crippen LogP contribution in [0.25, 0.3) is 34.2 Å². The summed E-state index contributed by atoms with van der Waals surface area (Å²) in [7, 11) is 0. The molecule has 0 N–H and O–H groups in total. The van der Waals surface area contributed by atoms with Crippen molar-refractivity contribution in [2.75, 3.05) is 0 Å². The standard InChI is InChI=1S/C23H15FN6O/c24-18-15-16(23-25-11-4-12-26-23)7-8-19(18)29-14-10-21(31)22(28-29)20-9-13-27-30(20)17-5-2-1-3-6-17/h1-15H. The fraction of sp³-hybridized carbons (Fsp3) is 0. The van der Waals surface area contributed by atoms with E-state index in [0.717, 1.165) is 5.69 Å². The summed E-state index contributed by atoms with van der Waals surface area (Å²) >= 11 is 0. The van der Waals surface area contributed by atoms with Crippen LogP contribution in [-0.4, -0.2) is 29.5 Å². The molecule has 150 valence electrons. The first-order valence-electron chi connectivity index (χ1n) is 9.48. The van der Waals surface area contributed by atoms with Gasteiger partial charge in [-0.05, 0) is 42.5 Å². The van der Waals surface area contributed by atoms with Gasteiger partial charge in [-0.2, -0.15) is 10.2 Å². The van der Waals surface area contributed by atoms with Gasteiger partial charge in [0.05, 0.1) is 17.6 Å². The van der Waals surface area contributed by atoms with Crippen LogP contribution in [0.15, 0.2) is 96.3 Å². The van der Waals surface area contributed by atoms with E-state index < -0.39 is 5.82 Å². The molecule has 5 aromatic rings. The fourth-order valence-corrected chi connectivity index (χ4v) is 3.26. The molecule has 0 bridgehead atoms. The highest BCUT2D eigenvalue weighted by Crippen LogP contribution is 2.22. The van der Waals surface area contributed by atoms with Crippen LogP contribution in [0.3, 0.4) is 0 Å². The minimum atomic E-state index is -0.511. The van der Waals surface area contributed by atoms with E-state index in [9.17, 15) is 9.18 Å². The van der Waals surface area contributed by atoms with Crippen molar-refractivity contribution < 1.29 is 4.39 Å². The second-order valence-corrected chi connectivity index (χ2v) is 6.68. The molecule has 0 unspecified atom stereocenters. The van der Waals surface area contributed by atoms with E-state index in [2.05, 4.69) is 20.2 Å². The fourth-order valence-electron chi connectivity index (χ4n) is 3.26. The second-order valence-electron chi connectivity index (χ2n) is 6.68. The van der Waals surface area contributed by atoms with Crippen molar-refractivity contribution in [2.45, 2.75) is 0 Å². The van der Waals surface area contributed by atoms with Crippen LogP contribution < -0.4 is 5.43 Å². The summed E-state index contributed by atoms with van der Waals surface area (Å²) in [5, 5.41) is 8.72. The van der Waals surface area contributed by atoms with Gasteiger partial charge in [0.15, 0.2) is 11.5 Å². The third-order valence-corrected chi connectivity index (χ3v) is 4.71. The molecule has 0 atom stereocenters. The van der Waals surface area contributed by atoms with Crippen molar-refractivity contribution in [3.8, 4) is 34.2 Å². The summed E-state index contributed by atoms with van der Waals surface area (Å²) in [5.41, 5.74) is 1.93. The molecule has 0 aliphatic heterocycles. The molecule has 0 radical (unpaired) electrons. The van der Waals surface area contributed by atoms with Crippen LogP contribution in [0.2, 0.25) is 0 Å². The Balaban J connectivity index is 1.58. The van der Waals surface area contributed by atoms with E-state index in [-0.39, 0.29) is 16.8 Å². The van der Waals surface area contributed by atoms with Gasteiger partial charge >= 0.3 is 0 Å². The Bertz CT molecular complexity index is 1410. The highest BCUT2D eigenvalue weighted by Gasteiger charge is 2.15. The first kappa shape index (κ1) is 18.6.